The van der Waals surface area contributed by atoms with Crippen LogP contribution in [0.15, 0.2) is 54.6 Å². The number of aliphatic carboxylic acids is 1. The van der Waals surface area contributed by atoms with Crippen molar-refractivity contribution in [1.82, 2.24) is 5.32 Å². The maximum absolute atomic E-state index is 13.9. The van der Waals surface area contributed by atoms with E-state index in [1.165, 1.54) is 11.9 Å². The summed E-state index contributed by atoms with van der Waals surface area (Å²) in [6.07, 6.45) is 3.54. The molecule has 0 radical (unpaired) electrons. The summed E-state index contributed by atoms with van der Waals surface area (Å²) >= 11 is 8.74. The summed E-state index contributed by atoms with van der Waals surface area (Å²) in [5, 5.41) is 25.4. The molecule has 1 saturated heterocycles. The van der Waals surface area contributed by atoms with Crippen LogP contribution in [0.4, 0.5) is 11.4 Å². The summed E-state index contributed by atoms with van der Waals surface area (Å²) in [5.74, 6) is -2.65. The van der Waals surface area contributed by atoms with Crippen LogP contribution in [0.1, 0.15) is 22.5 Å². The number of benzene rings is 2. The van der Waals surface area contributed by atoms with Crippen LogP contribution in [0.5, 0.6) is 5.75 Å². The maximum Gasteiger partial charge on any atom is 0.349 e. The fraction of sp³-hybridized carbons (Fsp3) is 0.296. The molecule has 2 heterocycles. The first-order valence-electron chi connectivity index (χ1n) is 12.2. The Hall–Kier alpha value is -3.25. The van der Waals surface area contributed by atoms with Gasteiger partial charge in [-0.2, -0.15) is 0 Å². The molecule has 1 amide bonds. The number of thiophene rings is 1. The molecule has 1 aliphatic rings. The zero-order valence-corrected chi connectivity index (χ0v) is 23.4. The first kappa shape index (κ1) is 28.8. The Balaban J connectivity index is 1.66. The third-order valence-electron chi connectivity index (χ3n) is 6.28. The van der Waals surface area contributed by atoms with Crippen molar-refractivity contribution in [2.45, 2.75) is 18.9 Å². The standard InChI is InChI=1S/C27H28ClN3O6S2/c1-38-31(19-8-3-2-4-9-19)26(34)22(16-10-12-29-13-11-16)30-18-7-5-6-17(14-18)24-21(28)23(37-15-20(32)33)25(39-24)27(35)36/h2-9,14,16,22,29-30H,10-13,15H2,1H3,(H,32,33)(H,35,36). The predicted octanol–water partition coefficient (Wildman–Crippen LogP) is 5.32. The van der Waals surface area contributed by atoms with Crippen molar-refractivity contribution in [2.75, 3.05) is 35.6 Å². The van der Waals surface area contributed by atoms with Crippen LogP contribution >= 0.6 is 34.9 Å². The maximum atomic E-state index is 13.9. The zero-order valence-electron chi connectivity index (χ0n) is 21.1. The fourth-order valence-corrected chi connectivity index (χ4v) is 6.51. The number of hydrogen-bond donors (Lipinski definition) is 4. The van der Waals surface area contributed by atoms with Gasteiger partial charge in [0.25, 0.3) is 5.91 Å². The quantitative estimate of drug-likeness (QED) is 0.220. The Morgan fingerprint density at radius 3 is 2.51 bits per heavy atom. The van der Waals surface area contributed by atoms with E-state index >= 15 is 0 Å². The van der Waals surface area contributed by atoms with Crippen molar-refractivity contribution >= 4 is 64.1 Å². The first-order valence-corrected chi connectivity index (χ1v) is 14.6. The second kappa shape index (κ2) is 13.2. The molecule has 1 unspecified atom stereocenters. The van der Waals surface area contributed by atoms with E-state index in [1.54, 1.807) is 22.5 Å². The molecule has 0 spiro atoms. The highest BCUT2D eigenvalue weighted by Gasteiger charge is 2.33. The summed E-state index contributed by atoms with van der Waals surface area (Å²) in [4.78, 5) is 36.9. The van der Waals surface area contributed by atoms with Crippen LogP contribution in [-0.2, 0) is 9.59 Å². The Bertz CT molecular complexity index is 1330. The number of para-hydroxylation sites is 1. The minimum absolute atomic E-state index is 0.0272. The van der Waals surface area contributed by atoms with Gasteiger partial charge in [-0.15, -0.1) is 11.3 Å². The van der Waals surface area contributed by atoms with Crippen LogP contribution < -0.4 is 19.7 Å². The number of ether oxygens (including phenoxy) is 1. The number of anilines is 2. The number of halogens is 1. The number of carboxylic acid groups (broad SMARTS) is 2. The molecule has 4 N–H and O–H groups in total. The number of aromatic carboxylic acids is 1. The average molecular weight is 590 g/mol. The van der Waals surface area contributed by atoms with Crippen LogP contribution in [-0.4, -0.2) is 60.1 Å². The second-order valence-electron chi connectivity index (χ2n) is 8.83. The smallest absolute Gasteiger partial charge is 0.349 e. The second-order valence-corrected chi connectivity index (χ2v) is 11.0. The Labute approximate surface area is 239 Å². The molecule has 39 heavy (non-hydrogen) atoms. The van der Waals surface area contributed by atoms with Gasteiger partial charge >= 0.3 is 11.9 Å². The minimum atomic E-state index is -1.27. The van der Waals surface area contributed by atoms with Gasteiger partial charge in [-0.1, -0.05) is 41.9 Å². The van der Waals surface area contributed by atoms with E-state index in [4.69, 9.17) is 21.4 Å². The monoisotopic (exact) mass is 589 g/mol. The van der Waals surface area contributed by atoms with E-state index in [-0.39, 0.29) is 27.5 Å². The van der Waals surface area contributed by atoms with E-state index in [1.807, 2.05) is 42.7 Å². The van der Waals surface area contributed by atoms with E-state index in [2.05, 4.69) is 10.6 Å². The molecule has 0 aliphatic carbocycles. The largest absolute Gasteiger partial charge is 0.479 e. The Kier molecular flexibility index (Phi) is 9.73. The number of rotatable bonds is 11. The highest BCUT2D eigenvalue weighted by Crippen LogP contribution is 2.46. The molecule has 3 aromatic rings. The van der Waals surface area contributed by atoms with Crippen molar-refractivity contribution in [1.29, 1.82) is 0 Å². The van der Waals surface area contributed by atoms with Crippen LogP contribution in [0.3, 0.4) is 0 Å². The van der Waals surface area contributed by atoms with Gasteiger partial charge in [0.2, 0.25) is 0 Å². The van der Waals surface area contributed by atoms with E-state index < -0.39 is 24.6 Å². The zero-order chi connectivity index (χ0) is 27.9. The van der Waals surface area contributed by atoms with Gasteiger partial charge in [-0.25, -0.2) is 9.59 Å². The fourth-order valence-electron chi connectivity index (χ4n) is 4.49. The van der Waals surface area contributed by atoms with Gasteiger partial charge in [-0.3, -0.25) is 9.10 Å². The van der Waals surface area contributed by atoms with Gasteiger partial charge in [0.05, 0.1) is 10.6 Å². The molecular formula is C27H28ClN3O6S2. The van der Waals surface area contributed by atoms with Crippen LogP contribution in [0, 0.1) is 5.92 Å². The number of carboxylic acids is 2. The number of amides is 1. The molecule has 1 aromatic heterocycles. The third kappa shape index (κ3) is 6.85. The lowest BCUT2D eigenvalue weighted by Gasteiger charge is -2.34. The highest BCUT2D eigenvalue weighted by atomic mass is 35.5. The number of piperidine rings is 1. The van der Waals surface area contributed by atoms with E-state index in [0.29, 0.717) is 16.1 Å². The first-order chi connectivity index (χ1) is 18.8. The van der Waals surface area contributed by atoms with Gasteiger partial charge in [0.15, 0.2) is 17.2 Å². The number of nitrogens with one attached hydrogen (secondary N) is 2. The summed E-state index contributed by atoms with van der Waals surface area (Å²) < 4.78 is 6.90. The minimum Gasteiger partial charge on any atom is -0.479 e. The SMILES string of the molecule is CSN(C(=O)C(Nc1cccc(-c2sc(C(=O)O)c(OCC(=O)O)c2Cl)c1)C1CCNCC1)c1ccccc1. The van der Waals surface area contributed by atoms with E-state index in [9.17, 15) is 19.5 Å². The predicted molar refractivity (Wildman–Crippen MR) is 155 cm³/mol. The average Bonchev–Trinajstić information content (AvgIpc) is 3.28. The van der Waals surface area contributed by atoms with E-state index in [0.717, 1.165) is 43.0 Å². The number of nitrogens with zero attached hydrogens (tertiary/aromatic N) is 1. The molecule has 2 aromatic carbocycles. The van der Waals surface area contributed by atoms with Gasteiger partial charge < -0.3 is 25.6 Å². The lowest BCUT2D eigenvalue weighted by atomic mass is 9.89. The molecule has 12 heteroatoms. The van der Waals surface area contributed by atoms with Crippen molar-refractivity contribution in [2.24, 2.45) is 5.92 Å². The van der Waals surface area contributed by atoms with Gasteiger partial charge in [-0.05, 0) is 73.6 Å². The van der Waals surface area contributed by atoms with Crippen molar-refractivity contribution in [3.63, 3.8) is 0 Å². The normalized spacial score (nSPS) is 14.4. The lowest BCUT2D eigenvalue weighted by Crippen LogP contribution is -2.47. The topological polar surface area (TPSA) is 128 Å². The molecule has 1 atom stereocenters. The Morgan fingerprint density at radius 2 is 1.87 bits per heavy atom. The molecule has 1 aliphatic heterocycles. The van der Waals surface area contributed by atoms with Gasteiger partial charge in [0, 0.05) is 11.9 Å². The molecule has 9 nitrogen and oxygen atoms in total. The molecule has 0 bridgehead atoms. The van der Waals surface area contributed by atoms with Crippen molar-refractivity contribution in [3.05, 3.63) is 64.5 Å². The molecule has 4 rings (SSSR count). The third-order valence-corrected chi connectivity index (χ3v) is 8.72. The number of hydrogen-bond acceptors (Lipinski definition) is 8. The summed E-state index contributed by atoms with van der Waals surface area (Å²) in [6, 6.07) is 16.2. The summed E-state index contributed by atoms with van der Waals surface area (Å²) in [5.41, 5.74) is 2.08. The number of carbonyl (C=O) groups is 3. The van der Waals surface area contributed by atoms with Crippen molar-refractivity contribution < 1.29 is 29.3 Å². The highest BCUT2D eigenvalue weighted by molar-refractivity contribution is 8.00. The molecule has 206 valence electrons. The van der Waals surface area contributed by atoms with Crippen molar-refractivity contribution in [3.8, 4) is 16.2 Å². The van der Waals surface area contributed by atoms with Crippen LogP contribution in [0.2, 0.25) is 5.02 Å². The number of carbonyl (C=O) groups excluding carboxylic acids is 1. The van der Waals surface area contributed by atoms with Gasteiger partial charge in [0.1, 0.15) is 11.1 Å². The van der Waals surface area contributed by atoms with Crippen LogP contribution in [0.25, 0.3) is 10.4 Å². The Morgan fingerprint density at radius 1 is 1.15 bits per heavy atom. The lowest BCUT2D eigenvalue weighted by molar-refractivity contribution is -0.139. The molecule has 1 fully saturated rings. The summed E-state index contributed by atoms with van der Waals surface area (Å²) in [6.45, 7) is 0.927. The summed E-state index contributed by atoms with van der Waals surface area (Å²) in [7, 11) is 0. The molecule has 0 saturated carbocycles. The molecular weight excluding hydrogens is 562 g/mol.